The molecule has 2 rings (SSSR count). The predicted molar refractivity (Wildman–Crippen MR) is 73.7 cm³/mol. The van der Waals surface area contributed by atoms with E-state index in [1.165, 1.54) is 12.1 Å². The van der Waals surface area contributed by atoms with Crippen molar-refractivity contribution < 1.29 is 4.39 Å². The number of nitrogens with zero attached hydrogens (tertiary/aromatic N) is 1. The molecule has 0 unspecified atom stereocenters. The molecular formula is C13H10BrClFNO. The molecule has 0 radical (unpaired) electrons. The van der Waals surface area contributed by atoms with Crippen LogP contribution in [0, 0.1) is 12.7 Å². The minimum atomic E-state index is -0.460. The second-order valence-electron chi connectivity index (χ2n) is 4.02. The van der Waals surface area contributed by atoms with Gasteiger partial charge in [0.05, 0.1) is 11.6 Å². The molecule has 18 heavy (non-hydrogen) atoms. The minimum absolute atomic E-state index is 0.0623. The number of aromatic nitrogens is 1. The van der Waals surface area contributed by atoms with Crippen LogP contribution < -0.4 is 5.56 Å². The van der Waals surface area contributed by atoms with Crippen LogP contribution in [-0.4, -0.2) is 4.57 Å². The van der Waals surface area contributed by atoms with Crippen molar-refractivity contribution in [1.29, 1.82) is 0 Å². The van der Waals surface area contributed by atoms with Crippen molar-refractivity contribution in [2.75, 3.05) is 0 Å². The zero-order chi connectivity index (χ0) is 13.3. The van der Waals surface area contributed by atoms with E-state index in [9.17, 15) is 9.18 Å². The number of rotatable bonds is 2. The molecule has 0 aliphatic carbocycles. The molecule has 5 heteroatoms. The first-order valence-electron chi connectivity index (χ1n) is 5.28. The van der Waals surface area contributed by atoms with E-state index in [1.807, 2.05) is 0 Å². The molecule has 1 heterocycles. The highest BCUT2D eigenvalue weighted by Gasteiger charge is 2.05. The number of aryl methyl sites for hydroxylation is 1. The molecule has 0 amide bonds. The molecule has 0 N–H and O–H groups in total. The van der Waals surface area contributed by atoms with E-state index in [-0.39, 0.29) is 10.6 Å². The minimum Gasteiger partial charge on any atom is -0.310 e. The van der Waals surface area contributed by atoms with Crippen LogP contribution in [0.1, 0.15) is 11.1 Å². The average molecular weight is 331 g/mol. The zero-order valence-corrected chi connectivity index (χ0v) is 11.9. The van der Waals surface area contributed by atoms with Crippen LogP contribution in [0.4, 0.5) is 4.39 Å². The molecule has 0 saturated carbocycles. The summed E-state index contributed by atoms with van der Waals surface area (Å²) in [6.45, 7) is 2.11. The molecule has 0 spiro atoms. The zero-order valence-electron chi connectivity index (χ0n) is 9.58. The Hall–Kier alpha value is -1.13. The fourth-order valence-electron chi connectivity index (χ4n) is 1.69. The van der Waals surface area contributed by atoms with Crippen molar-refractivity contribution >= 4 is 27.5 Å². The first-order valence-corrected chi connectivity index (χ1v) is 6.45. The third-order valence-electron chi connectivity index (χ3n) is 2.57. The number of pyridine rings is 1. The van der Waals surface area contributed by atoms with Crippen molar-refractivity contribution in [3.05, 3.63) is 67.3 Å². The van der Waals surface area contributed by atoms with Crippen LogP contribution in [0.2, 0.25) is 5.02 Å². The summed E-state index contributed by atoms with van der Waals surface area (Å²) >= 11 is 9.05. The molecule has 0 saturated heterocycles. The highest BCUT2D eigenvalue weighted by molar-refractivity contribution is 9.10. The fraction of sp³-hybridized carbons (Fsp3) is 0.154. The maximum atomic E-state index is 13.0. The summed E-state index contributed by atoms with van der Waals surface area (Å²) < 4.78 is 15.4. The van der Waals surface area contributed by atoms with E-state index in [0.717, 1.165) is 10.0 Å². The van der Waals surface area contributed by atoms with Crippen LogP contribution in [0.5, 0.6) is 0 Å². The largest absolute Gasteiger partial charge is 0.310 e. The van der Waals surface area contributed by atoms with Gasteiger partial charge in [-0.15, -0.1) is 0 Å². The number of hydrogen-bond donors (Lipinski definition) is 0. The lowest BCUT2D eigenvalue weighted by molar-refractivity contribution is 0.626. The van der Waals surface area contributed by atoms with Gasteiger partial charge >= 0.3 is 0 Å². The van der Waals surface area contributed by atoms with Gasteiger partial charge in [0.25, 0.3) is 5.56 Å². The van der Waals surface area contributed by atoms with Gasteiger partial charge in [-0.25, -0.2) is 4.39 Å². The smallest absolute Gasteiger partial charge is 0.253 e. The van der Waals surface area contributed by atoms with Gasteiger partial charge in [-0.05, 0) is 46.6 Å². The Labute approximate surface area is 117 Å². The molecule has 2 nitrogen and oxygen atoms in total. The summed E-state index contributed by atoms with van der Waals surface area (Å²) in [6.07, 6.45) is 1.70. The fourth-order valence-corrected chi connectivity index (χ4v) is 2.49. The third kappa shape index (κ3) is 2.82. The van der Waals surface area contributed by atoms with Crippen molar-refractivity contribution in [3.63, 3.8) is 0 Å². The van der Waals surface area contributed by atoms with Crippen LogP contribution in [0.15, 0.2) is 39.7 Å². The lowest BCUT2D eigenvalue weighted by atomic mass is 10.2. The predicted octanol–water partition coefficient (Wildman–Crippen LogP) is 3.76. The van der Waals surface area contributed by atoms with Gasteiger partial charge in [0.2, 0.25) is 0 Å². The van der Waals surface area contributed by atoms with E-state index in [4.69, 9.17) is 11.6 Å². The van der Waals surface area contributed by atoms with E-state index in [0.29, 0.717) is 12.1 Å². The summed E-state index contributed by atoms with van der Waals surface area (Å²) in [5.74, 6) is -0.460. The summed E-state index contributed by atoms with van der Waals surface area (Å²) in [4.78, 5) is 11.9. The summed E-state index contributed by atoms with van der Waals surface area (Å²) in [5, 5.41) is 0.0623. The molecule has 2 aromatic rings. The van der Waals surface area contributed by atoms with Crippen molar-refractivity contribution in [1.82, 2.24) is 4.57 Å². The van der Waals surface area contributed by atoms with Crippen molar-refractivity contribution in [3.8, 4) is 0 Å². The van der Waals surface area contributed by atoms with Crippen LogP contribution in [-0.2, 0) is 6.54 Å². The Balaban J connectivity index is 2.40. The molecule has 94 valence electrons. The quantitative estimate of drug-likeness (QED) is 0.822. The molecule has 0 fully saturated rings. The molecule has 1 aromatic heterocycles. The van der Waals surface area contributed by atoms with Gasteiger partial charge in [0.15, 0.2) is 0 Å². The Kier molecular flexibility index (Phi) is 3.88. The Morgan fingerprint density at radius 3 is 2.78 bits per heavy atom. The van der Waals surface area contributed by atoms with E-state index in [2.05, 4.69) is 15.9 Å². The van der Waals surface area contributed by atoms with E-state index >= 15 is 0 Å². The van der Waals surface area contributed by atoms with Crippen molar-refractivity contribution in [2.45, 2.75) is 13.5 Å². The van der Waals surface area contributed by atoms with Crippen LogP contribution >= 0.6 is 27.5 Å². The van der Waals surface area contributed by atoms with Crippen molar-refractivity contribution in [2.24, 2.45) is 0 Å². The average Bonchev–Trinajstić information content (AvgIpc) is 2.30. The first kappa shape index (κ1) is 13.3. The number of halogens is 3. The Morgan fingerprint density at radius 2 is 2.11 bits per heavy atom. The maximum absolute atomic E-state index is 13.0. The highest BCUT2D eigenvalue weighted by Crippen LogP contribution is 2.17. The molecule has 1 aromatic carbocycles. The highest BCUT2D eigenvalue weighted by atomic mass is 79.9. The first-order chi connectivity index (χ1) is 8.47. The standard InChI is InChI=1S/C13H10BrClFNO/c1-8-4-10(14)7-17(13(8)18)6-9-2-3-12(16)11(15)5-9/h2-5,7H,6H2,1H3. The molecule has 0 bridgehead atoms. The molecule has 0 aliphatic heterocycles. The molecule has 0 aliphatic rings. The van der Waals surface area contributed by atoms with Gasteiger partial charge in [0, 0.05) is 16.2 Å². The summed E-state index contributed by atoms with van der Waals surface area (Å²) in [6, 6.07) is 6.20. The Bertz CT molecular complexity index is 654. The number of hydrogen-bond acceptors (Lipinski definition) is 1. The summed E-state index contributed by atoms with van der Waals surface area (Å²) in [7, 11) is 0. The normalized spacial score (nSPS) is 10.7. The second-order valence-corrected chi connectivity index (χ2v) is 5.35. The summed E-state index contributed by atoms with van der Waals surface area (Å²) in [5.41, 5.74) is 1.36. The molecular weight excluding hydrogens is 321 g/mol. The van der Waals surface area contributed by atoms with E-state index in [1.54, 1.807) is 29.8 Å². The number of benzene rings is 1. The third-order valence-corrected chi connectivity index (χ3v) is 3.29. The lowest BCUT2D eigenvalue weighted by Crippen LogP contribution is -2.22. The Morgan fingerprint density at radius 1 is 1.39 bits per heavy atom. The SMILES string of the molecule is Cc1cc(Br)cn(Cc2ccc(F)c(Cl)c2)c1=O. The monoisotopic (exact) mass is 329 g/mol. The van der Waals surface area contributed by atoms with Crippen LogP contribution in [0.3, 0.4) is 0 Å². The van der Waals surface area contributed by atoms with Gasteiger partial charge < -0.3 is 4.57 Å². The van der Waals surface area contributed by atoms with Gasteiger partial charge in [-0.2, -0.15) is 0 Å². The lowest BCUT2D eigenvalue weighted by Gasteiger charge is -2.08. The second kappa shape index (κ2) is 5.24. The van der Waals surface area contributed by atoms with Gasteiger partial charge in [-0.1, -0.05) is 17.7 Å². The molecule has 0 atom stereocenters. The van der Waals surface area contributed by atoms with Crippen LogP contribution in [0.25, 0.3) is 0 Å². The maximum Gasteiger partial charge on any atom is 0.253 e. The topological polar surface area (TPSA) is 22.0 Å². The van der Waals surface area contributed by atoms with Gasteiger partial charge in [-0.3, -0.25) is 4.79 Å². The van der Waals surface area contributed by atoms with E-state index < -0.39 is 5.82 Å². The van der Waals surface area contributed by atoms with Gasteiger partial charge in [0.1, 0.15) is 5.82 Å².